The van der Waals surface area contributed by atoms with Gasteiger partial charge in [0.2, 0.25) is 0 Å². The molecule has 0 radical (unpaired) electrons. The molecule has 1 aromatic heterocycles. The quantitative estimate of drug-likeness (QED) is 0.361. The first-order valence-corrected chi connectivity index (χ1v) is 8.67. The fraction of sp³-hybridized carbons (Fsp3) is 0.0909. The van der Waals surface area contributed by atoms with Crippen LogP contribution >= 0.6 is 43.1 Å². The summed E-state index contributed by atoms with van der Waals surface area (Å²) < 4.78 is 15.1. The molecule has 0 saturated heterocycles. The Morgan fingerprint density at radius 2 is 1.90 bits per heavy atom. The molecule has 10 heteroatoms. The number of nitrogens with zero attached hydrogens (tertiary/aromatic N) is 2. The molecule has 0 unspecified atom stereocenters. The van der Waals surface area contributed by atoms with Gasteiger partial charge in [-0.1, -0.05) is 11.6 Å². The van der Waals surface area contributed by atoms with E-state index in [9.17, 15) is 4.57 Å². The Labute approximate surface area is 134 Å². The summed E-state index contributed by atoms with van der Waals surface area (Å²) in [6, 6.07) is 8.33. The number of hydrogen-bond donors (Lipinski definition) is 2. The Morgan fingerprint density at radius 3 is 2.48 bits per heavy atom. The number of benzene rings is 1. The van der Waals surface area contributed by atoms with Gasteiger partial charge in [-0.25, -0.2) is 18.5 Å². The zero-order chi connectivity index (χ0) is 15.5. The van der Waals surface area contributed by atoms with Crippen molar-refractivity contribution >= 4 is 43.1 Å². The molecule has 0 atom stereocenters. The van der Waals surface area contributed by atoms with Gasteiger partial charge in [-0.05, 0) is 30.3 Å². The summed E-state index contributed by atoms with van der Waals surface area (Å²) in [5, 5.41) is 0.820. The van der Waals surface area contributed by atoms with E-state index in [1.165, 1.54) is 6.07 Å². The van der Waals surface area contributed by atoms with E-state index < -0.39 is 7.82 Å². The Kier molecular flexibility index (Phi) is 5.62. The van der Waals surface area contributed by atoms with Gasteiger partial charge in [0.25, 0.3) is 0 Å². The molecule has 0 aliphatic rings. The van der Waals surface area contributed by atoms with E-state index in [2.05, 4.69) is 13.9 Å². The highest BCUT2D eigenvalue weighted by Crippen LogP contribution is 2.43. The van der Waals surface area contributed by atoms with Gasteiger partial charge in [0, 0.05) is 10.6 Å². The van der Waals surface area contributed by atoms with Crippen molar-refractivity contribution in [3.8, 4) is 11.4 Å². The lowest BCUT2D eigenvalue weighted by Gasteiger charge is -2.07. The van der Waals surface area contributed by atoms with Crippen molar-refractivity contribution in [2.75, 3.05) is 0 Å². The van der Waals surface area contributed by atoms with Crippen LogP contribution in [0.4, 0.5) is 0 Å². The zero-order valence-corrected chi connectivity index (χ0v) is 13.5. The lowest BCUT2D eigenvalue weighted by atomic mass is 10.2. The van der Waals surface area contributed by atoms with Gasteiger partial charge in [-0.2, -0.15) is 0 Å². The number of halogens is 2. The van der Waals surface area contributed by atoms with Crippen molar-refractivity contribution in [2.45, 2.75) is 10.9 Å². The maximum absolute atomic E-state index is 10.7. The van der Waals surface area contributed by atoms with Crippen LogP contribution in [0, 0.1) is 0 Å². The lowest BCUT2D eigenvalue weighted by Crippen LogP contribution is -1.96. The van der Waals surface area contributed by atoms with Crippen LogP contribution in [-0.2, 0) is 14.4 Å². The van der Waals surface area contributed by atoms with E-state index in [1.807, 2.05) is 0 Å². The number of hydrogen-bond acceptors (Lipinski definition) is 5. The van der Waals surface area contributed by atoms with Crippen LogP contribution in [0.3, 0.4) is 0 Å². The van der Waals surface area contributed by atoms with Crippen LogP contribution in [0.5, 0.6) is 0 Å². The van der Waals surface area contributed by atoms with Crippen LogP contribution < -0.4 is 0 Å². The van der Waals surface area contributed by atoms with Gasteiger partial charge in [-0.15, -0.1) is 11.6 Å². The first kappa shape index (κ1) is 16.7. The molecule has 0 amide bonds. The third kappa shape index (κ3) is 5.23. The second kappa shape index (κ2) is 7.07. The van der Waals surface area contributed by atoms with Gasteiger partial charge in [0.15, 0.2) is 5.82 Å². The number of rotatable bonds is 5. The summed E-state index contributed by atoms with van der Waals surface area (Å²) in [4.78, 5) is 25.8. The molecule has 112 valence electrons. The molecule has 2 N–H and O–H groups in total. The average Bonchev–Trinajstić information content (AvgIpc) is 2.45. The third-order valence-corrected chi connectivity index (χ3v) is 4.20. The first-order valence-electron chi connectivity index (χ1n) is 5.49. The third-order valence-electron chi connectivity index (χ3n) is 2.21. The highest BCUT2D eigenvalue weighted by Gasteiger charge is 2.17. The smallest absolute Gasteiger partial charge is 0.302 e. The predicted molar refractivity (Wildman–Crippen MR) is 81.0 cm³/mol. The molecule has 0 bridgehead atoms. The van der Waals surface area contributed by atoms with Crippen LogP contribution in [0.25, 0.3) is 11.4 Å². The zero-order valence-electron chi connectivity index (χ0n) is 10.3. The predicted octanol–water partition coefficient (Wildman–Crippen LogP) is 3.65. The molecule has 1 aromatic carbocycles. The number of aromatic nitrogens is 2. The number of phosphoric acid groups is 1. The largest absolute Gasteiger partial charge is 0.481 e. The van der Waals surface area contributed by atoms with E-state index in [0.717, 1.165) is 0 Å². The fourth-order valence-electron chi connectivity index (χ4n) is 1.40. The van der Waals surface area contributed by atoms with Crippen molar-refractivity contribution in [2.24, 2.45) is 0 Å². The summed E-state index contributed by atoms with van der Waals surface area (Å²) in [6.07, 6.45) is 0. The second-order valence-electron chi connectivity index (χ2n) is 3.81. The number of alkyl halides is 1. The van der Waals surface area contributed by atoms with E-state index >= 15 is 0 Å². The Bertz CT molecular complexity index is 680. The first-order chi connectivity index (χ1) is 9.87. The molecular formula is C11H9Cl2N2O4PS. The Balaban J connectivity index is 2.33. The summed E-state index contributed by atoms with van der Waals surface area (Å²) >= 11 is 12.0. The van der Waals surface area contributed by atoms with E-state index in [1.54, 1.807) is 24.3 Å². The summed E-state index contributed by atoms with van der Waals surface area (Å²) in [6.45, 7) is 0. The Morgan fingerprint density at radius 1 is 1.24 bits per heavy atom. The molecule has 6 nitrogen and oxygen atoms in total. The Hall–Kier alpha value is -0.660. The van der Waals surface area contributed by atoms with Gasteiger partial charge >= 0.3 is 7.82 Å². The molecule has 2 rings (SSSR count). The van der Waals surface area contributed by atoms with Crippen molar-refractivity contribution in [3.05, 3.63) is 41.0 Å². The SMILES string of the molecule is O=P(O)(O)OSc1cc(CCl)nc(-c2ccc(Cl)cc2)n1. The van der Waals surface area contributed by atoms with Crippen molar-refractivity contribution in [1.82, 2.24) is 9.97 Å². The standard InChI is InChI=1S/C11H9Cl2N2O4PS/c12-6-9-5-10(21-19-20(16,17)18)15-11(14-9)7-1-3-8(13)4-2-7/h1-5H,6H2,(H2,16,17,18). The van der Waals surface area contributed by atoms with Gasteiger partial charge in [0.1, 0.15) is 5.03 Å². The van der Waals surface area contributed by atoms with Crippen LogP contribution in [0.15, 0.2) is 35.4 Å². The molecular weight excluding hydrogens is 358 g/mol. The molecule has 0 saturated carbocycles. The molecule has 0 aliphatic heterocycles. The summed E-state index contributed by atoms with van der Waals surface area (Å²) in [5.74, 6) is 0.494. The highest BCUT2D eigenvalue weighted by molar-refractivity contribution is 7.97. The van der Waals surface area contributed by atoms with E-state index in [0.29, 0.717) is 34.1 Å². The van der Waals surface area contributed by atoms with Crippen LogP contribution in [-0.4, -0.2) is 19.8 Å². The van der Waals surface area contributed by atoms with Crippen molar-refractivity contribution in [3.63, 3.8) is 0 Å². The molecule has 2 aromatic rings. The van der Waals surface area contributed by atoms with Crippen LogP contribution in [0.2, 0.25) is 5.02 Å². The highest BCUT2D eigenvalue weighted by atomic mass is 35.5. The minimum atomic E-state index is -4.60. The van der Waals surface area contributed by atoms with Gasteiger partial charge in [-0.3, -0.25) is 0 Å². The topological polar surface area (TPSA) is 92.5 Å². The molecule has 1 heterocycles. The summed E-state index contributed by atoms with van der Waals surface area (Å²) in [7, 11) is -4.60. The summed E-state index contributed by atoms with van der Waals surface area (Å²) in [5.41, 5.74) is 1.21. The van der Waals surface area contributed by atoms with Gasteiger partial charge in [0.05, 0.1) is 23.6 Å². The maximum Gasteiger partial charge on any atom is 0.481 e. The molecule has 0 aliphatic carbocycles. The normalized spacial score (nSPS) is 11.6. The van der Waals surface area contributed by atoms with E-state index in [4.69, 9.17) is 33.0 Å². The molecule has 0 spiro atoms. The molecule has 0 fully saturated rings. The van der Waals surface area contributed by atoms with Crippen molar-refractivity contribution in [1.29, 1.82) is 0 Å². The lowest BCUT2D eigenvalue weighted by molar-refractivity contribution is 0.298. The minimum Gasteiger partial charge on any atom is -0.302 e. The monoisotopic (exact) mass is 366 g/mol. The maximum atomic E-state index is 10.7. The van der Waals surface area contributed by atoms with Gasteiger partial charge < -0.3 is 9.79 Å². The van der Waals surface area contributed by atoms with E-state index in [-0.39, 0.29) is 10.9 Å². The van der Waals surface area contributed by atoms with Crippen LogP contribution in [0.1, 0.15) is 5.69 Å². The molecule has 21 heavy (non-hydrogen) atoms. The van der Waals surface area contributed by atoms with Crippen molar-refractivity contribution < 1.29 is 18.3 Å². The fourth-order valence-corrected chi connectivity index (χ4v) is 2.66. The average molecular weight is 367 g/mol. The minimum absolute atomic E-state index is 0.132. The second-order valence-corrected chi connectivity index (χ2v) is 6.68.